The van der Waals surface area contributed by atoms with Crippen LogP contribution in [0.1, 0.15) is 23.6 Å². The molecule has 1 aromatic carbocycles. The second kappa shape index (κ2) is 4.59. The summed E-state index contributed by atoms with van der Waals surface area (Å²) in [4.78, 5) is 3.59. The lowest BCUT2D eigenvalue weighted by atomic mass is 9.95. The molecule has 0 spiro atoms. The van der Waals surface area contributed by atoms with Crippen molar-refractivity contribution in [2.24, 2.45) is 0 Å². The number of piperidine rings is 1. The molecule has 96 valence electrons. The average Bonchev–Trinajstić information content (AvgIpc) is 2.73. The van der Waals surface area contributed by atoms with Crippen LogP contribution in [0.3, 0.4) is 0 Å². The molecule has 0 aliphatic carbocycles. The number of thiophene rings is 1. The van der Waals surface area contributed by atoms with Gasteiger partial charge in [0.05, 0.1) is 0 Å². The van der Waals surface area contributed by atoms with E-state index in [-0.39, 0.29) is 0 Å². The van der Waals surface area contributed by atoms with Crippen molar-refractivity contribution >= 4 is 21.4 Å². The molecule has 2 heterocycles. The zero-order chi connectivity index (χ0) is 12.7. The fourth-order valence-electron chi connectivity index (χ4n) is 2.55. The molecule has 0 bridgehead atoms. The molecule has 1 nitrogen and oxygen atoms in total. The Morgan fingerprint density at radius 2 is 1.78 bits per heavy atom. The van der Waals surface area contributed by atoms with Crippen molar-refractivity contribution in [2.45, 2.75) is 18.8 Å². The van der Waals surface area contributed by atoms with Crippen LogP contribution in [-0.2, 0) is 0 Å². The summed E-state index contributed by atoms with van der Waals surface area (Å²) in [6.45, 7) is 2.20. The molecule has 0 N–H and O–H groups in total. The second-order valence-corrected chi connectivity index (χ2v) is 6.15. The number of halogens is 2. The van der Waals surface area contributed by atoms with Gasteiger partial charge in [0.15, 0.2) is 11.6 Å². The summed E-state index contributed by atoms with van der Waals surface area (Å²) in [6, 6.07) is 4.64. The summed E-state index contributed by atoms with van der Waals surface area (Å²) in [5.41, 5.74) is 0. The minimum Gasteiger partial charge on any atom is -0.306 e. The minimum absolute atomic E-state index is 0.546. The van der Waals surface area contributed by atoms with Gasteiger partial charge in [-0.1, -0.05) is 0 Å². The van der Waals surface area contributed by atoms with E-state index >= 15 is 0 Å². The van der Waals surface area contributed by atoms with Gasteiger partial charge in [-0.05, 0) is 62.5 Å². The normalized spacial score (nSPS) is 18.6. The van der Waals surface area contributed by atoms with Gasteiger partial charge in [-0.15, -0.1) is 11.3 Å². The highest BCUT2D eigenvalue weighted by atomic mass is 32.1. The molecule has 0 amide bonds. The lowest BCUT2D eigenvalue weighted by molar-refractivity contribution is 0.257. The summed E-state index contributed by atoms with van der Waals surface area (Å²) in [5, 5.41) is 0.827. The number of hydrogen-bond donors (Lipinski definition) is 0. The van der Waals surface area contributed by atoms with Crippen LogP contribution >= 0.6 is 11.3 Å². The van der Waals surface area contributed by atoms with E-state index in [1.54, 1.807) is 11.3 Å². The number of fused-ring (bicyclic) bond motifs is 1. The highest BCUT2D eigenvalue weighted by molar-refractivity contribution is 7.19. The third kappa shape index (κ3) is 2.15. The van der Waals surface area contributed by atoms with E-state index in [2.05, 4.69) is 11.9 Å². The molecule has 3 rings (SSSR count). The fraction of sp³-hybridized carbons (Fsp3) is 0.429. The Morgan fingerprint density at radius 3 is 2.50 bits per heavy atom. The first kappa shape index (κ1) is 12.1. The first-order valence-corrected chi connectivity index (χ1v) is 7.02. The summed E-state index contributed by atoms with van der Waals surface area (Å²) in [7, 11) is 2.13. The van der Waals surface area contributed by atoms with Crippen molar-refractivity contribution in [2.75, 3.05) is 20.1 Å². The molecule has 1 aliphatic rings. The zero-order valence-corrected chi connectivity index (χ0v) is 11.1. The Morgan fingerprint density at radius 1 is 1.11 bits per heavy atom. The first-order valence-electron chi connectivity index (χ1n) is 6.20. The Labute approximate surface area is 109 Å². The van der Waals surface area contributed by atoms with Gasteiger partial charge in [0.1, 0.15) is 0 Å². The Balaban J connectivity index is 1.93. The maximum Gasteiger partial charge on any atom is 0.160 e. The average molecular weight is 267 g/mol. The number of nitrogens with zero attached hydrogens (tertiary/aromatic N) is 1. The van der Waals surface area contributed by atoms with Crippen molar-refractivity contribution in [3.8, 4) is 0 Å². The molecular formula is C14H15F2NS. The van der Waals surface area contributed by atoms with E-state index in [1.807, 2.05) is 6.07 Å². The van der Waals surface area contributed by atoms with Crippen LogP contribution < -0.4 is 0 Å². The second-order valence-electron chi connectivity index (χ2n) is 5.03. The van der Waals surface area contributed by atoms with Crippen LogP contribution in [-0.4, -0.2) is 25.0 Å². The van der Waals surface area contributed by atoms with E-state index in [4.69, 9.17) is 0 Å². The van der Waals surface area contributed by atoms with Crippen LogP contribution in [0.25, 0.3) is 10.1 Å². The molecule has 1 saturated heterocycles. The Kier molecular flexibility index (Phi) is 3.08. The van der Waals surface area contributed by atoms with Crippen molar-refractivity contribution < 1.29 is 8.78 Å². The van der Waals surface area contributed by atoms with Gasteiger partial charge in [0.25, 0.3) is 0 Å². The molecule has 1 fully saturated rings. The lowest BCUT2D eigenvalue weighted by Gasteiger charge is -2.28. The molecule has 2 aromatic rings. The Hall–Kier alpha value is -1.000. The molecule has 4 heteroatoms. The SMILES string of the molecule is CN1CCC(c2cc3cc(F)c(F)cc3s2)CC1. The van der Waals surface area contributed by atoms with E-state index in [0.717, 1.165) is 36.0 Å². The van der Waals surface area contributed by atoms with Crippen molar-refractivity contribution in [1.82, 2.24) is 4.90 Å². The monoisotopic (exact) mass is 267 g/mol. The van der Waals surface area contributed by atoms with Crippen LogP contribution in [0.15, 0.2) is 18.2 Å². The number of rotatable bonds is 1. The summed E-state index contributed by atoms with van der Waals surface area (Å²) >= 11 is 1.60. The largest absolute Gasteiger partial charge is 0.306 e. The van der Waals surface area contributed by atoms with Gasteiger partial charge in [-0.2, -0.15) is 0 Å². The van der Waals surface area contributed by atoms with E-state index in [0.29, 0.717) is 5.92 Å². The standard InChI is InChI=1S/C14H15F2NS/c1-17-4-2-9(3-5-17)13-7-10-6-11(15)12(16)8-14(10)18-13/h6-9H,2-5H2,1H3. The molecule has 0 unspecified atom stereocenters. The topological polar surface area (TPSA) is 3.24 Å². The smallest absolute Gasteiger partial charge is 0.160 e. The van der Waals surface area contributed by atoms with E-state index in [9.17, 15) is 8.78 Å². The molecule has 0 radical (unpaired) electrons. The number of hydrogen-bond acceptors (Lipinski definition) is 2. The maximum absolute atomic E-state index is 13.2. The van der Waals surface area contributed by atoms with Gasteiger partial charge < -0.3 is 4.90 Å². The molecule has 0 atom stereocenters. The van der Waals surface area contributed by atoms with Crippen LogP contribution in [0, 0.1) is 11.6 Å². The highest BCUT2D eigenvalue weighted by Crippen LogP contribution is 2.36. The minimum atomic E-state index is -0.754. The van der Waals surface area contributed by atoms with Crippen molar-refractivity contribution in [1.29, 1.82) is 0 Å². The van der Waals surface area contributed by atoms with Crippen LogP contribution in [0.2, 0.25) is 0 Å². The zero-order valence-electron chi connectivity index (χ0n) is 10.2. The van der Waals surface area contributed by atoms with Gasteiger partial charge in [-0.25, -0.2) is 8.78 Å². The maximum atomic E-state index is 13.2. The van der Waals surface area contributed by atoms with Gasteiger partial charge in [-0.3, -0.25) is 0 Å². The summed E-state index contributed by atoms with van der Waals surface area (Å²) in [5.74, 6) is -0.959. The lowest BCUT2D eigenvalue weighted by Crippen LogP contribution is -2.28. The van der Waals surface area contributed by atoms with E-state index in [1.165, 1.54) is 17.0 Å². The van der Waals surface area contributed by atoms with Crippen molar-refractivity contribution in [3.05, 3.63) is 34.7 Å². The predicted octanol–water partition coefficient (Wildman–Crippen LogP) is 3.99. The molecule has 1 aromatic heterocycles. The predicted molar refractivity (Wildman–Crippen MR) is 71.2 cm³/mol. The third-order valence-corrected chi connectivity index (χ3v) is 4.96. The van der Waals surface area contributed by atoms with Gasteiger partial charge in [0, 0.05) is 9.58 Å². The molecule has 18 heavy (non-hydrogen) atoms. The highest BCUT2D eigenvalue weighted by Gasteiger charge is 2.20. The molecule has 0 saturated carbocycles. The van der Waals surface area contributed by atoms with Gasteiger partial charge in [0.2, 0.25) is 0 Å². The quantitative estimate of drug-likeness (QED) is 0.755. The number of likely N-dealkylation sites (tertiary alicyclic amines) is 1. The molecular weight excluding hydrogens is 252 g/mol. The Bertz CT molecular complexity index is 531. The van der Waals surface area contributed by atoms with Crippen LogP contribution in [0.4, 0.5) is 8.78 Å². The molecule has 1 aliphatic heterocycles. The first-order chi connectivity index (χ1) is 8.63. The fourth-order valence-corrected chi connectivity index (χ4v) is 3.79. The van der Waals surface area contributed by atoms with E-state index < -0.39 is 11.6 Å². The van der Waals surface area contributed by atoms with Gasteiger partial charge >= 0.3 is 0 Å². The van der Waals surface area contributed by atoms with Crippen LogP contribution in [0.5, 0.6) is 0 Å². The third-order valence-electron chi connectivity index (χ3n) is 3.70. The summed E-state index contributed by atoms with van der Waals surface area (Å²) < 4.78 is 27.2. The number of benzene rings is 1. The van der Waals surface area contributed by atoms with Crippen molar-refractivity contribution in [3.63, 3.8) is 0 Å². The summed E-state index contributed by atoms with van der Waals surface area (Å²) in [6.07, 6.45) is 2.27.